The van der Waals surface area contributed by atoms with Gasteiger partial charge in [0.1, 0.15) is 5.69 Å². The quantitative estimate of drug-likeness (QED) is 0.630. The molecule has 2 rings (SSSR count). The highest BCUT2D eigenvalue weighted by Gasteiger charge is 2.33. The molecule has 0 bridgehead atoms. The zero-order chi connectivity index (χ0) is 15.6. The van der Waals surface area contributed by atoms with Gasteiger partial charge in [0.15, 0.2) is 5.69 Å². The van der Waals surface area contributed by atoms with Gasteiger partial charge in [0.25, 0.3) is 5.24 Å². The van der Waals surface area contributed by atoms with Crippen LogP contribution in [0, 0.1) is 0 Å². The van der Waals surface area contributed by atoms with E-state index in [2.05, 4.69) is 10.1 Å². The molecule has 0 radical (unpaired) electrons. The number of thioether (sulfide) groups is 1. The van der Waals surface area contributed by atoms with Crippen LogP contribution in [0.3, 0.4) is 0 Å². The Balaban J connectivity index is 2.43. The average Bonchev–Trinajstić information content (AvgIpc) is 2.88. The smallest absolute Gasteiger partial charge is 0.274 e. The molecule has 112 valence electrons. The lowest BCUT2D eigenvalue weighted by atomic mass is 10.3. The Bertz CT molecular complexity index is 672. The number of nitrogens with zero attached hydrogens (tertiary/aromatic N) is 3. The summed E-state index contributed by atoms with van der Waals surface area (Å²) < 4.78 is 38.6. The summed E-state index contributed by atoms with van der Waals surface area (Å²) in [7, 11) is 0. The van der Waals surface area contributed by atoms with Crippen LogP contribution in [0.5, 0.6) is 0 Å². The van der Waals surface area contributed by atoms with E-state index in [-0.39, 0.29) is 5.69 Å². The van der Waals surface area contributed by atoms with Gasteiger partial charge in [0, 0.05) is 11.1 Å². The summed E-state index contributed by atoms with van der Waals surface area (Å²) in [6.45, 7) is 1.87. The summed E-state index contributed by atoms with van der Waals surface area (Å²) in [5.74, 6) is 0.662. The van der Waals surface area contributed by atoms with Crippen LogP contribution in [-0.4, -0.2) is 25.8 Å². The molecular formula is C12H9ClF3N3OS. The van der Waals surface area contributed by atoms with Gasteiger partial charge in [-0.05, 0) is 29.5 Å². The first-order chi connectivity index (χ1) is 9.82. The zero-order valence-electron chi connectivity index (χ0n) is 10.7. The Hall–Kier alpha value is -1.54. The van der Waals surface area contributed by atoms with E-state index in [9.17, 15) is 18.0 Å². The lowest BCUT2D eigenvalue weighted by molar-refractivity contribution is -0.141. The Labute approximate surface area is 127 Å². The Kier molecular flexibility index (Phi) is 4.58. The highest BCUT2D eigenvalue weighted by Crippen LogP contribution is 2.29. The van der Waals surface area contributed by atoms with Crippen LogP contribution < -0.4 is 0 Å². The third-order valence-corrected chi connectivity index (χ3v) is 3.56. The maximum atomic E-state index is 12.5. The molecule has 2 aromatic heterocycles. The second kappa shape index (κ2) is 6.07. The number of carbonyl (C=O) groups is 1. The van der Waals surface area contributed by atoms with Crippen molar-refractivity contribution in [2.75, 3.05) is 5.75 Å². The zero-order valence-corrected chi connectivity index (χ0v) is 12.3. The predicted molar refractivity (Wildman–Crippen MR) is 72.9 cm³/mol. The second-order valence-corrected chi connectivity index (χ2v) is 5.54. The third-order valence-electron chi connectivity index (χ3n) is 2.47. The maximum absolute atomic E-state index is 12.5. The van der Waals surface area contributed by atoms with Crippen LogP contribution >= 0.6 is 23.4 Å². The minimum absolute atomic E-state index is 0.0791. The summed E-state index contributed by atoms with van der Waals surface area (Å²) in [6.07, 6.45) is -2.07. The molecular weight excluding hydrogens is 327 g/mol. The first-order valence-electron chi connectivity index (χ1n) is 5.79. The van der Waals surface area contributed by atoms with E-state index < -0.39 is 17.1 Å². The first-order valence-corrected chi connectivity index (χ1v) is 7.15. The monoisotopic (exact) mass is 335 g/mol. The topological polar surface area (TPSA) is 47.8 Å². The van der Waals surface area contributed by atoms with Crippen LogP contribution in [0.1, 0.15) is 23.1 Å². The SMILES string of the molecule is CCSc1cc(-n2ccc(C(F)(F)F)n2)cnc1C(=O)Cl. The molecule has 9 heteroatoms. The maximum Gasteiger partial charge on any atom is 0.435 e. The van der Waals surface area contributed by atoms with Gasteiger partial charge in [-0.25, -0.2) is 9.67 Å². The molecule has 0 saturated heterocycles. The van der Waals surface area contributed by atoms with E-state index in [0.29, 0.717) is 16.3 Å². The number of hydrogen-bond donors (Lipinski definition) is 0. The van der Waals surface area contributed by atoms with E-state index in [1.807, 2.05) is 6.92 Å². The van der Waals surface area contributed by atoms with Gasteiger partial charge < -0.3 is 0 Å². The van der Waals surface area contributed by atoms with Gasteiger partial charge in [0.05, 0.1) is 11.9 Å². The van der Waals surface area contributed by atoms with Gasteiger partial charge in [0.2, 0.25) is 0 Å². The standard InChI is InChI=1S/C12H9ClF3N3OS/c1-2-21-8-5-7(6-17-10(8)11(13)20)19-4-3-9(18-19)12(14,15)16/h3-6H,2H2,1H3. The largest absolute Gasteiger partial charge is 0.435 e. The number of alkyl halides is 3. The van der Waals surface area contributed by atoms with Gasteiger partial charge in [-0.3, -0.25) is 4.79 Å². The molecule has 0 aliphatic rings. The molecule has 0 aromatic carbocycles. The fourth-order valence-electron chi connectivity index (χ4n) is 1.59. The Morgan fingerprint density at radius 1 is 1.48 bits per heavy atom. The van der Waals surface area contributed by atoms with Crippen molar-refractivity contribution in [3.05, 3.63) is 35.9 Å². The molecule has 0 spiro atoms. The van der Waals surface area contributed by atoms with Crippen LogP contribution in [0.15, 0.2) is 29.4 Å². The van der Waals surface area contributed by atoms with Gasteiger partial charge in [-0.15, -0.1) is 11.8 Å². The average molecular weight is 336 g/mol. The van der Waals surface area contributed by atoms with Gasteiger partial charge >= 0.3 is 6.18 Å². The Morgan fingerprint density at radius 2 is 2.19 bits per heavy atom. The first kappa shape index (κ1) is 15.8. The number of rotatable bonds is 4. The van der Waals surface area contributed by atoms with Crippen LogP contribution in [0.4, 0.5) is 13.2 Å². The molecule has 0 atom stereocenters. The van der Waals surface area contributed by atoms with Crippen molar-refractivity contribution >= 4 is 28.6 Å². The van der Waals surface area contributed by atoms with Crippen LogP contribution in [-0.2, 0) is 6.18 Å². The van der Waals surface area contributed by atoms with E-state index in [4.69, 9.17) is 11.6 Å². The van der Waals surface area contributed by atoms with Crippen molar-refractivity contribution in [3.63, 3.8) is 0 Å². The summed E-state index contributed by atoms with van der Waals surface area (Å²) in [5, 5.41) is 2.74. The summed E-state index contributed by atoms with van der Waals surface area (Å²) in [5.41, 5.74) is -0.594. The number of halogens is 4. The van der Waals surface area contributed by atoms with Crippen molar-refractivity contribution in [2.24, 2.45) is 0 Å². The lowest BCUT2D eigenvalue weighted by Gasteiger charge is -2.07. The molecule has 4 nitrogen and oxygen atoms in total. The number of carbonyl (C=O) groups excluding carboxylic acids is 1. The van der Waals surface area contributed by atoms with Crippen molar-refractivity contribution in [3.8, 4) is 5.69 Å². The molecule has 0 aliphatic heterocycles. The third kappa shape index (κ3) is 3.56. The summed E-state index contributed by atoms with van der Waals surface area (Å²) in [4.78, 5) is 15.6. The number of pyridine rings is 1. The number of hydrogen-bond acceptors (Lipinski definition) is 4. The van der Waals surface area contributed by atoms with Crippen LogP contribution in [0.2, 0.25) is 0 Å². The van der Waals surface area contributed by atoms with E-state index in [1.165, 1.54) is 30.2 Å². The molecule has 0 N–H and O–H groups in total. The lowest BCUT2D eigenvalue weighted by Crippen LogP contribution is -2.08. The normalized spacial score (nSPS) is 11.7. The predicted octanol–water partition coefficient (Wildman–Crippen LogP) is 3.78. The molecule has 2 aromatic rings. The fourth-order valence-corrected chi connectivity index (χ4v) is 2.60. The molecule has 0 unspecified atom stereocenters. The highest BCUT2D eigenvalue weighted by atomic mass is 35.5. The van der Waals surface area contributed by atoms with E-state index in [1.54, 1.807) is 0 Å². The molecule has 0 aliphatic carbocycles. The summed E-state index contributed by atoms with van der Waals surface area (Å²) >= 11 is 6.74. The number of aromatic nitrogens is 3. The second-order valence-electron chi connectivity index (χ2n) is 3.89. The molecule has 0 saturated carbocycles. The van der Waals surface area contributed by atoms with Gasteiger partial charge in [-0.1, -0.05) is 6.92 Å². The highest BCUT2D eigenvalue weighted by molar-refractivity contribution is 7.99. The Morgan fingerprint density at radius 3 is 2.71 bits per heavy atom. The molecule has 21 heavy (non-hydrogen) atoms. The van der Waals surface area contributed by atoms with Crippen molar-refractivity contribution in [1.82, 2.24) is 14.8 Å². The summed E-state index contributed by atoms with van der Waals surface area (Å²) in [6, 6.07) is 2.40. The minimum Gasteiger partial charge on any atom is -0.274 e. The van der Waals surface area contributed by atoms with E-state index in [0.717, 1.165) is 10.7 Å². The molecule has 2 heterocycles. The molecule has 0 fully saturated rings. The minimum atomic E-state index is -4.51. The van der Waals surface area contributed by atoms with Crippen molar-refractivity contribution in [1.29, 1.82) is 0 Å². The van der Waals surface area contributed by atoms with Gasteiger partial charge in [-0.2, -0.15) is 18.3 Å². The fraction of sp³-hybridized carbons (Fsp3) is 0.250. The van der Waals surface area contributed by atoms with E-state index >= 15 is 0 Å². The van der Waals surface area contributed by atoms with Crippen LogP contribution in [0.25, 0.3) is 5.69 Å². The molecule has 0 amide bonds. The van der Waals surface area contributed by atoms with Crippen molar-refractivity contribution in [2.45, 2.75) is 18.0 Å². The van der Waals surface area contributed by atoms with Crippen molar-refractivity contribution < 1.29 is 18.0 Å².